The molecule has 2 atom stereocenters. The number of carboxylic acids is 1. The van der Waals surface area contributed by atoms with Crippen LogP contribution in [0.4, 0.5) is 5.69 Å². The first-order valence-electron chi connectivity index (χ1n) is 5.58. The molecule has 0 heterocycles. The van der Waals surface area contributed by atoms with Crippen LogP contribution in [0.15, 0.2) is 30.3 Å². The number of likely N-dealkylation sites (N-methyl/N-ethyl adjacent to an activating group) is 1. The summed E-state index contributed by atoms with van der Waals surface area (Å²) in [5, 5.41) is 9.26. The molecule has 1 rings (SSSR count). The summed E-state index contributed by atoms with van der Waals surface area (Å²) in [6.45, 7) is 3.98. The molecule has 1 N–H and O–H groups in total. The molecule has 0 spiro atoms. The lowest BCUT2D eigenvalue weighted by Crippen LogP contribution is -2.43. The van der Waals surface area contributed by atoms with Gasteiger partial charge in [0.25, 0.3) is 0 Å². The van der Waals surface area contributed by atoms with Crippen LogP contribution in [0.5, 0.6) is 0 Å². The molecule has 0 aliphatic carbocycles. The molecule has 0 unspecified atom stereocenters. The quantitative estimate of drug-likeness (QED) is 0.831. The molecular formula is C13H19NO2. The molecule has 0 aliphatic heterocycles. The van der Waals surface area contributed by atoms with Gasteiger partial charge in [-0.15, -0.1) is 0 Å². The lowest BCUT2D eigenvalue weighted by atomic mass is 9.97. The van der Waals surface area contributed by atoms with Gasteiger partial charge in [-0.3, -0.25) is 0 Å². The van der Waals surface area contributed by atoms with Crippen molar-refractivity contribution in [3.63, 3.8) is 0 Å². The predicted octanol–water partition coefficient (Wildman–Crippen LogP) is 2.62. The first kappa shape index (κ1) is 12.6. The average Bonchev–Trinajstić information content (AvgIpc) is 2.29. The molecule has 0 radical (unpaired) electrons. The molecule has 0 bridgehead atoms. The molecule has 1 aromatic carbocycles. The molecule has 0 aliphatic rings. The highest BCUT2D eigenvalue weighted by atomic mass is 16.4. The van der Waals surface area contributed by atoms with E-state index in [1.807, 2.05) is 56.1 Å². The van der Waals surface area contributed by atoms with Crippen LogP contribution >= 0.6 is 0 Å². The van der Waals surface area contributed by atoms with E-state index >= 15 is 0 Å². The predicted molar refractivity (Wildman–Crippen MR) is 65.7 cm³/mol. The van der Waals surface area contributed by atoms with E-state index in [1.165, 1.54) is 0 Å². The molecule has 88 valence electrons. The largest absolute Gasteiger partial charge is 0.480 e. The Morgan fingerprint density at radius 2 is 1.94 bits per heavy atom. The second-order valence-electron chi connectivity index (χ2n) is 4.12. The van der Waals surface area contributed by atoms with Crippen molar-refractivity contribution in [2.24, 2.45) is 5.92 Å². The van der Waals surface area contributed by atoms with E-state index in [2.05, 4.69) is 0 Å². The van der Waals surface area contributed by atoms with Crippen molar-refractivity contribution in [1.29, 1.82) is 0 Å². The lowest BCUT2D eigenvalue weighted by Gasteiger charge is -2.30. The summed E-state index contributed by atoms with van der Waals surface area (Å²) in [6.07, 6.45) is 0.855. The van der Waals surface area contributed by atoms with Gasteiger partial charge in [-0.05, 0) is 18.1 Å². The Labute approximate surface area is 96.7 Å². The van der Waals surface area contributed by atoms with Crippen molar-refractivity contribution in [3.8, 4) is 0 Å². The van der Waals surface area contributed by atoms with Crippen LogP contribution in [0, 0.1) is 5.92 Å². The van der Waals surface area contributed by atoms with E-state index in [-0.39, 0.29) is 5.92 Å². The maximum Gasteiger partial charge on any atom is 0.326 e. The lowest BCUT2D eigenvalue weighted by molar-refractivity contribution is -0.139. The number of benzene rings is 1. The van der Waals surface area contributed by atoms with Crippen molar-refractivity contribution in [1.82, 2.24) is 0 Å². The van der Waals surface area contributed by atoms with Gasteiger partial charge in [0, 0.05) is 12.7 Å². The third kappa shape index (κ3) is 2.75. The Kier molecular flexibility index (Phi) is 4.35. The standard InChI is InChI=1S/C13H19NO2/c1-4-10(2)12(13(15)16)14(3)11-8-6-5-7-9-11/h5-10,12H,4H2,1-3H3,(H,15,16)/t10-,12-/m0/s1. The molecule has 0 fully saturated rings. The van der Waals surface area contributed by atoms with E-state index in [0.29, 0.717) is 0 Å². The topological polar surface area (TPSA) is 40.5 Å². The number of anilines is 1. The maximum atomic E-state index is 11.3. The van der Waals surface area contributed by atoms with Crippen LogP contribution in [0.2, 0.25) is 0 Å². The van der Waals surface area contributed by atoms with Gasteiger partial charge >= 0.3 is 5.97 Å². The smallest absolute Gasteiger partial charge is 0.326 e. The second-order valence-corrected chi connectivity index (χ2v) is 4.12. The highest BCUT2D eigenvalue weighted by molar-refractivity contribution is 5.78. The zero-order valence-corrected chi connectivity index (χ0v) is 10.1. The van der Waals surface area contributed by atoms with E-state index < -0.39 is 12.0 Å². The normalized spacial score (nSPS) is 14.2. The van der Waals surface area contributed by atoms with Gasteiger partial charge in [-0.25, -0.2) is 4.79 Å². The first-order chi connectivity index (χ1) is 7.57. The van der Waals surface area contributed by atoms with Crippen molar-refractivity contribution < 1.29 is 9.90 Å². The van der Waals surface area contributed by atoms with Crippen molar-refractivity contribution in [2.75, 3.05) is 11.9 Å². The van der Waals surface area contributed by atoms with Gasteiger partial charge in [0.15, 0.2) is 0 Å². The Morgan fingerprint density at radius 1 is 1.38 bits per heavy atom. The van der Waals surface area contributed by atoms with E-state index in [0.717, 1.165) is 12.1 Å². The molecule has 16 heavy (non-hydrogen) atoms. The summed E-state index contributed by atoms with van der Waals surface area (Å²) in [6, 6.07) is 9.16. The number of hydrogen-bond acceptors (Lipinski definition) is 2. The number of hydrogen-bond donors (Lipinski definition) is 1. The van der Waals surface area contributed by atoms with Crippen molar-refractivity contribution >= 4 is 11.7 Å². The van der Waals surface area contributed by atoms with Crippen LogP contribution in [0.3, 0.4) is 0 Å². The fourth-order valence-electron chi connectivity index (χ4n) is 1.84. The molecule has 0 aromatic heterocycles. The Hall–Kier alpha value is -1.51. The second kappa shape index (κ2) is 5.54. The fourth-order valence-corrected chi connectivity index (χ4v) is 1.84. The third-order valence-corrected chi connectivity index (χ3v) is 3.02. The van der Waals surface area contributed by atoms with Crippen LogP contribution in [0.1, 0.15) is 20.3 Å². The van der Waals surface area contributed by atoms with Gasteiger partial charge in [-0.2, -0.15) is 0 Å². The minimum atomic E-state index is -0.763. The van der Waals surface area contributed by atoms with Gasteiger partial charge in [0.05, 0.1) is 0 Å². The zero-order valence-electron chi connectivity index (χ0n) is 10.1. The average molecular weight is 221 g/mol. The summed E-state index contributed by atoms with van der Waals surface area (Å²) < 4.78 is 0. The van der Waals surface area contributed by atoms with Gasteiger partial charge in [0.2, 0.25) is 0 Å². The zero-order chi connectivity index (χ0) is 12.1. The fraction of sp³-hybridized carbons (Fsp3) is 0.462. The molecule has 3 heteroatoms. The van der Waals surface area contributed by atoms with E-state index in [1.54, 1.807) is 0 Å². The maximum absolute atomic E-state index is 11.3. The summed E-state index contributed by atoms with van der Waals surface area (Å²) in [4.78, 5) is 13.1. The van der Waals surface area contributed by atoms with Crippen LogP contribution in [0.25, 0.3) is 0 Å². The minimum Gasteiger partial charge on any atom is -0.480 e. The number of carboxylic acid groups (broad SMARTS) is 1. The number of para-hydroxylation sites is 1. The number of rotatable bonds is 5. The minimum absolute atomic E-state index is 0.128. The highest BCUT2D eigenvalue weighted by Crippen LogP contribution is 2.20. The van der Waals surface area contributed by atoms with Gasteiger partial charge in [0.1, 0.15) is 6.04 Å². The van der Waals surface area contributed by atoms with Crippen molar-refractivity contribution in [3.05, 3.63) is 30.3 Å². The summed E-state index contributed by atoms with van der Waals surface area (Å²) in [5.74, 6) is -0.636. The molecule has 1 aromatic rings. The Morgan fingerprint density at radius 3 is 2.38 bits per heavy atom. The first-order valence-corrected chi connectivity index (χ1v) is 5.58. The van der Waals surface area contributed by atoms with E-state index in [4.69, 9.17) is 0 Å². The Balaban J connectivity index is 2.92. The van der Waals surface area contributed by atoms with Gasteiger partial charge < -0.3 is 10.0 Å². The Bertz CT molecular complexity index is 337. The number of nitrogens with zero attached hydrogens (tertiary/aromatic N) is 1. The van der Waals surface area contributed by atoms with E-state index in [9.17, 15) is 9.90 Å². The molecule has 3 nitrogen and oxygen atoms in total. The van der Waals surface area contributed by atoms with Crippen LogP contribution in [-0.2, 0) is 4.79 Å². The third-order valence-electron chi connectivity index (χ3n) is 3.02. The summed E-state index contributed by atoms with van der Waals surface area (Å²) in [5.41, 5.74) is 0.940. The SMILES string of the molecule is CC[C@H](C)[C@@H](C(=O)O)N(C)c1ccccc1. The molecule has 0 saturated carbocycles. The van der Waals surface area contributed by atoms with Gasteiger partial charge in [-0.1, -0.05) is 38.5 Å². The molecule has 0 saturated heterocycles. The van der Waals surface area contributed by atoms with Crippen LogP contribution in [-0.4, -0.2) is 24.2 Å². The number of aliphatic carboxylic acids is 1. The van der Waals surface area contributed by atoms with Crippen LogP contribution < -0.4 is 4.90 Å². The summed E-state index contributed by atoms with van der Waals surface area (Å²) >= 11 is 0. The summed E-state index contributed by atoms with van der Waals surface area (Å²) in [7, 11) is 1.83. The highest BCUT2D eigenvalue weighted by Gasteiger charge is 2.27. The monoisotopic (exact) mass is 221 g/mol. The molecule has 0 amide bonds. The molecular weight excluding hydrogens is 202 g/mol. The number of carbonyl (C=O) groups is 1. The van der Waals surface area contributed by atoms with Crippen molar-refractivity contribution in [2.45, 2.75) is 26.3 Å².